The van der Waals surface area contributed by atoms with Crippen LogP contribution in [0.1, 0.15) is 23.4 Å². The molecule has 4 rings (SSSR count). The van der Waals surface area contributed by atoms with Crippen molar-refractivity contribution in [3.63, 3.8) is 0 Å². The van der Waals surface area contributed by atoms with Crippen LogP contribution in [0.4, 0.5) is 38.1 Å². The number of nitriles is 1. The molecule has 0 saturated heterocycles. The number of rotatable bonds is 6. The maximum absolute atomic E-state index is 13.3. The molecule has 0 saturated carbocycles. The van der Waals surface area contributed by atoms with Gasteiger partial charge in [0.2, 0.25) is 5.95 Å². The molecule has 0 spiro atoms. The summed E-state index contributed by atoms with van der Waals surface area (Å²) in [5.74, 6) is -2.43. The number of fused-ring (bicyclic) bond motifs is 1. The molecule has 41 heavy (non-hydrogen) atoms. The predicted molar refractivity (Wildman–Crippen MR) is 137 cm³/mol. The Bertz CT molecular complexity index is 1620. The van der Waals surface area contributed by atoms with E-state index in [4.69, 9.17) is 44.1 Å². The highest BCUT2D eigenvalue weighted by atomic mass is 35.5. The molecule has 0 aliphatic carbocycles. The zero-order valence-electron chi connectivity index (χ0n) is 20.4. The van der Waals surface area contributed by atoms with E-state index in [1.165, 1.54) is 16.5 Å². The largest absolute Gasteiger partial charge is 0.490 e. The number of halogens is 8. The van der Waals surface area contributed by atoms with E-state index < -0.39 is 24.0 Å². The van der Waals surface area contributed by atoms with Gasteiger partial charge >= 0.3 is 18.3 Å². The van der Waals surface area contributed by atoms with Gasteiger partial charge in [-0.15, -0.1) is 0 Å². The van der Waals surface area contributed by atoms with Crippen LogP contribution in [0.5, 0.6) is 0 Å². The Morgan fingerprint density at radius 1 is 1.07 bits per heavy atom. The molecule has 216 valence electrons. The average molecular weight is 620 g/mol. The summed E-state index contributed by atoms with van der Waals surface area (Å²) in [6.45, 7) is 0.376. The predicted octanol–water partition coefficient (Wildman–Crippen LogP) is 6.25. The number of anilines is 2. The maximum Gasteiger partial charge on any atom is 0.490 e. The summed E-state index contributed by atoms with van der Waals surface area (Å²) in [6.07, 6.45) is -7.69. The van der Waals surface area contributed by atoms with E-state index in [-0.39, 0.29) is 17.4 Å². The second-order valence-electron chi connectivity index (χ2n) is 8.12. The fourth-order valence-electron chi connectivity index (χ4n) is 3.31. The molecule has 0 radical (unpaired) electrons. The molecule has 0 aliphatic heterocycles. The lowest BCUT2D eigenvalue weighted by molar-refractivity contribution is -0.192. The Labute approximate surface area is 237 Å². The highest BCUT2D eigenvalue weighted by Crippen LogP contribution is 2.33. The van der Waals surface area contributed by atoms with Crippen LogP contribution in [0.3, 0.4) is 0 Å². The van der Waals surface area contributed by atoms with Gasteiger partial charge in [0.1, 0.15) is 17.5 Å². The first-order chi connectivity index (χ1) is 19.1. The Morgan fingerprint density at radius 2 is 1.76 bits per heavy atom. The number of carbonyl (C=O) groups is 1. The van der Waals surface area contributed by atoms with Gasteiger partial charge in [-0.25, -0.2) is 19.7 Å². The third-order valence-corrected chi connectivity index (χ3v) is 5.74. The second kappa shape index (κ2) is 12.5. The van der Waals surface area contributed by atoms with Crippen molar-refractivity contribution < 1.29 is 36.2 Å². The van der Waals surface area contributed by atoms with Crippen molar-refractivity contribution in [2.45, 2.75) is 25.2 Å². The third-order valence-electron chi connectivity index (χ3n) is 5.19. The number of carboxylic acids is 1. The molecule has 0 atom stereocenters. The van der Waals surface area contributed by atoms with Gasteiger partial charge in [-0.1, -0.05) is 23.2 Å². The average Bonchev–Trinajstić information content (AvgIpc) is 3.32. The molecular formula is C24H17Cl2F6N7O2. The van der Waals surface area contributed by atoms with Crippen molar-refractivity contribution in [2.24, 2.45) is 0 Å². The zero-order valence-corrected chi connectivity index (χ0v) is 21.9. The van der Waals surface area contributed by atoms with Crippen LogP contribution in [0.2, 0.25) is 10.0 Å². The normalized spacial score (nSPS) is 11.5. The molecule has 3 aromatic heterocycles. The minimum atomic E-state index is -5.08. The number of nitrogens with two attached hydrogens (primary N) is 1. The van der Waals surface area contributed by atoms with Gasteiger partial charge in [0.05, 0.1) is 16.3 Å². The standard InChI is InChI=1S/C22H16Cl2F3N7.C2HF3O2/c23-13-4-6-15(16(24)8-13)17-9-19-33-18(22(25,26)27)11-34(19)21(32-17)30-7-1-2-14-5-3-12(10-28)20(29)31-14;3-2(4,5)1(6)7/h3-6,8-9,11H,1-2,7H2,(H2,29,31)(H,30,32);(H,6,7). The number of carboxylic acid groups (broad SMARTS) is 1. The molecular weight excluding hydrogens is 603 g/mol. The number of pyridine rings is 1. The van der Waals surface area contributed by atoms with E-state index >= 15 is 0 Å². The van der Waals surface area contributed by atoms with Gasteiger partial charge in [-0.3, -0.25) is 4.40 Å². The number of aliphatic carboxylic acids is 1. The van der Waals surface area contributed by atoms with Gasteiger partial charge in [0, 0.05) is 35.1 Å². The number of alkyl halides is 6. The molecule has 3 heterocycles. The fourth-order valence-corrected chi connectivity index (χ4v) is 3.81. The molecule has 0 aliphatic rings. The topological polar surface area (TPSA) is 142 Å². The van der Waals surface area contributed by atoms with E-state index in [0.717, 1.165) is 6.20 Å². The highest BCUT2D eigenvalue weighted by Gasteiger charge is 2.38. The van der Waals surface area contributed by atoms with Crippen molar-refractivity contribution >= 4 is 46.6 Å². The lowest BCUT2D eigenvalue weighted by Crippen LogP contribution is -2.21. The van der Waals surface area contributed by atoms with Crippen molar-refractivity contribution in [3.8, 4) is 17.3 Å². The highest BCUT2D eigenvalue weighted by molar-refractivity contribution is 6.36. The first kappa shape index (κ1) is 31.2. The molecule has 4 N–H and O–H groups in total. The molecule has 0 amide bonds. The third kappa shape index (κ3) is 8.12. The zero-order chi connectivity index (χ0) is 30.5. The molecule has 9 nitrogen and oxygen atoms in total. The lowest BCUT2D eigenvalue weighted by Gasteiger charge is -2.11. The number of nitrogens with zero attached hydrogens (tertiary/aromatic N) is 5. The van der Waals surface area contributed by atoms with Gasteiger partial charge in [-0.2, -0.15) is 31.6 Å². The Balaban J connectivity index is 0.000000587. The lowest BCUT2D eigenvalue weighted by atomic mass is 10.1. The summed E-state index contributed by atoms with van der Waals surface area (Å²) in [7, 11) is 0. The number of hydrogen-bond donors (Lipinski definition) is 3. The molecule has 1 aromatic carbocycles. The van der Waals surface area contributed by atoms with Gasteiger partial charge in [-0.05, 0) is 43.2 Å². The molecule has 17 heteroatoms. The van der Waals surface area contributed by atoms with E-state index in [9.17, 15) is 26.3 Å². The van der Waals surface area contributed by atoms with E-state index in [0.29, 0.717) is 51.9 Å². The smallest absolute Gasteiger partial charge is 0.475 e. The van der Waals surface area contributed by atoms with Crippen LogP contribution in [0.15, 0.2) is 42.6 Å². The molecule has 0 bridgehead atoms. The Morgan fingerprint density at radius 3 is 2.32 bits per heavy atom. The van der Waals surface area contributed by atoms with Crippen LogP contribution in [-0.2, 0) is 17.4 Å². The molecule has 4 aromatic rings. The van der Waals surface area contributed by atoms with Crippen molar-refractivity contribution in [1.29, 1.82) is 5.26 Å². The van der Waals surface area contributed by atoms with Gasteiger partial charge < -0.3 is 16.2 Å². The first-order valence-electron chi connectivity index (χ1n) is 11.2. The summed E-state index contributed by atoms with van der Waals surface area (Å²) in [5.41, 5.74) is 6.61. The van der Waals surface area contributed by atoms with E-state index in [2.05, 4.69) is 20.3 Å². The number of hydrogen-bond acceptors (Lipinski definition) is 7. The number of aryl methyl sites for hydroxylation is 1. The second-order valence-corrected chi connectivity index (χ2v) is 8.97. The van der Waals surface area contributed by atoms with Crippen LogP contribution < -0.4 is 11.1 Å². The van der Waals surface area contributed by atoms with E-state index in [1.54, 1.807) is 24.3 Å². The van der Waals surface area contributed by atoms with Crippen LogP contribution in [0.25, 0.3) is 16.9 Å². The van der Waals surface area contributed by atoms with Crippen molar-refractivity contribution in [1.82, 2.24) is 19.4 Å². The Hall–Kier alpha value is -4.29. The fraction of sp³-hybridized carbons (Fsp3) is 0.208. The minimum Gasteiger partial charge on any atom is -0.475 e. The number of benzene rings is 1. The summed E-state index contributed by atoms with van der Waals surface area (Å²) in [4.78, 5) is 21.3. The SMILES string of the molecule is N#Cc1ccc(CCCNc2nc(-c3ccc(Cl)cc3Cl)cc3nc(C(F)(F)F)cn23)nc1N.O=C(O)C(F)(F)F. The number of nitrogen functional groups attached to an aromatic ring is 1. The Kier molecular flexibility index (Phi) is 9.51. The molecule has 0 fully saturated rings. The molecule has 0 unspecified atom stereocenters. The van der Waals surface area contributed by atoms with Gasteiger partial charge in [0.15, 0.2) is 5.69 Å². The summed E-state index contributed by atoms with van der Waals surface area (Å²) in [6, 6.07) is 11.5. The quantitative estimate of drug-likeness (QED) is 0.170. The van der Waals surface area contributed by atoms with Crippen LogP contribution >= 0.6 is 23.2 Å². The summed E-state index contributed by atoms with van der Waals surface area (Å²) >= 11 is 12.2. The maximum atomic E-state index is 13.3. The summed E-state index contributed by atoms with van der Waals surface area (Å²) in [5, 5.41) is 19.9. The van der Waals surface area contributed by atoms with Crippen LogP contribution in [0, 0.1) is 11.3 Å². The van der Waals surface area contributed by atoms with E-state index in [1.807, 2.05) is 6.07 Å². The van der Waals surface area contributed by atoms with Crippen molar-refractivity contribution in [3.05, 3.63) is 69.6 Å². The first-order valence-corrected chi connectivity index (χ1v) is 12.0. The number of aromatic nitrogens is 4. The number of imidazole rings is 1. The van der Waals surface area contributed by atoms with Gasteiger partial charge in [0.25, 0.3) is 0 Å². The summed E-state index contributed by atoms with van der Waals surface area (Å²) < 4.78 is 72.8. The minimum absolute atomic E-state index is 0.0624. The van der Waals surface area contributed by atoms with Crippen LogP contribution in [-0.4, -0.2) is 43.1 Å². The number of nitrogens with one attached hydrogen (secondary N) is 1. The van der Waals surface area contributed by atoms with Crippen molar-refractivity contribution in [2.75, 3.05) is 17.6 Å². The monoisotopic (exact) mass is 619 g/mol.